The van der Waals surface area contributed by atoms with Crippen molar-refractivity contribution in [2.45, 2.75) is 19.4 Å². The van der Waals surface area contributed by atoms with E-state index in [2.05, 4.69) is 46.2 Å². The fourth-order valence-corrected chi connectivity index (χ4v) is 2.86. The molecule has 0 aromatic heterocycles. The Morgan fingerprint density at radius 3 is 2.80 bits per heavy atom. The molecular weight excluding hydrogens is 374 g/mol. The fraction of sp³-hybridized carbons (Fsp3) is 0.143. The SMILES string of the molecule is C=CC=NC(=C)C1=NN(/C=C/C=C(Br)\C=C/C)C(c2ccccc2)C1. The average Bonchev–Trinajstić information content (AvgIpc) is 3.05. The molecule has 4 heteroatoms. The van der Waals surface area contributed by atoms with E-state index in [4.69, 9.17) is 5.10 Å². The second-order valence-electron chi connectivity index (χ2n) is 5.41. The lowest BCUT2D eigenvalue weighted by Gasteiger charge is -2.19. The molecule has 0 N–H and O–H groups in total. The maximum absolute atomic E-state index is 4.69. The number of halogens is 1. The van der Waals surface area contributed by atoms with Gasteiger partial charge in [0, 0.05) is 23.3 Å². The average molecular weight is 396 g/mol. The van der Waals surface area contributed by atoms with Crippen LogP contribution in [0, 0.1) is 0 Å². The Hall–Kier alpha value is -2.46. The zero-order valence-electron chi connectivity index (χ0n) is 14.3. The second kappa shape index (κ2) is 9.74. The highest BCUT2D eigenvalue weighted by atomic mass is 79.9. The van der Waals surface area contributed by atoms with Gasteiger partial charge in [0.15, 0.2) is 0 Å². The van der Waals surface area contributed by atoms with Gasteiger partial charge in [-0.15, -0.1) is 0 Å². The highest BCUT2D eigenvalue weighted by Crippen LogP contribution is 2.32. The summed E-state index contributed by atoms with van der Waals surface area (Å²) in [4.78, 5) is 4.27. The summed E-state index contributed by atoms with van der Waals surface area (Å²) < 4.78 is 1.01. The van der Waals surface area contributed by atoms with Crippen LogP contribution in [-0.4, -0.2) is 16.9 Å². The predicted octanol–water partition coefficient (Wildman–Crippen LogP) is 5.93. The monoisotopic (exact) mass is 395 g/mol. The van der Waals surface area contributed by atoms with Crippen LogP contribution in [0.2, 0.25) is 0 Å². The number of hydrazone groups is 1. The van der Waals surface area contributed by atoms with Crippen molar-refractivity contribution in [1.29, 1.82) is 0 Å². The van der Waals surface area contributed by atoms with E-state index in [1.807, 2.05) is 60.6 Å². The molecule has 0 bridgehead atoms. The number of hydrogen-bond acceptors (Lipinski definition) is 3. The van der Waals surface area contributed by atoms with Crippen molar-refractivity contribution in [2.24, 2.45) is 10.1 Å². The first-order valence-corrected chi connectivity index (χ1v) is 8.86. The smallest absolute Gasteiger partial charge is 0.0884 e. The molecule has 0 fully saturated rings. The number of nitrogens with zero attached hydrogens (tertiary/aromatic N) is 3. The molecule has 0 saturated carbocycles. The summed E-state index contributed by atoms with van der Waals surface area (Å²) in [5.41, 5.74) is 2.76. The van der Waals surface area contributed by atoms with E-state index in [1.165, 1.54) is 5.56 Å². The minimum atomic E-state index is 0.136. The van der Waals surface area contributed by atoms with E-state index in [1.54, 1.807) is 12.3 Å². The van der Waals surface area contributed by atoms with E-state index in [-0.39, 0.29) is 6.04 Å². The van der Waals surface area contributed by atoms with Crippen LogP contribution in [-0.2, 0) is 0 Å². The van der Waals surface area contributed by atoms with E-state index < -0.39 is 0 Å². The van der Waals surface area contributed by atoms with Crippen LogP contribution in [0.4, 0.5) is 0 Å². The van der Waals surface area contributed by atoms with Crippen molar-refractivity contribution < 1.29 is 0 Å². The zero-order chi connectivity index (χ0) is 18.1. The Morgan fingerprint density at radius 2 is 2.12 bits per heavy atom. The third kappa shape index (κ3) is 5.54. The van der Waals surface area contributed by atoms with Crippen LogP contribution >= 0.6 is 15.9 Å². The van der Waals surface area contributed by atoms with Crippen LogP contribution in [0.1, 0.15) is 24.9 Å². The third-order valence-electron chi connectivity index (χ3n) is 3.62. The molecule has 1 aromatic rings. The molecule has 1 unspecified atom stereocenters. The number of aliphatic imine (C=N–C) groups is 1. The van der Waals surface area contributed by atoms with Crippen LogP contribution in [0.3, 0.4) is 0 Å². The first-order valence-electron chi connectivity index (χ1n) is 8.07. The number of allylic oxidation sites excluding steroid dienone is 7. The fourth-order valence-electron chi connectivity index (χ4n) is 2.44. The summed E-state index contributed by atoms with van der Waals surface area (Å²) in [6, 6.07) is 10.5. The van der Waals surface area contributed by atoms with Crippen molar-refractivity contribution in [3.8, 4) is 0 Å². The molecule has 1 aliphatic rings. The maximum atomic E-state index is 4.69. The normalized spacial score (nSPS) is 18.5. The van der Waals surface area contributed by atoms with Gasteiger partial charge in [0.25, 0.3) is 0 Å². The quantitative estimate of drug-likeness (QED) is 0.415. The molecule has 0 spiro atoms. The number of hydrogen-bond donors (Lipinski definition) is 0. The van der Waals surface area contributed by atoms with Crippen molar-refractivity contribution in [3.63, 3.8) is 0 Å². The Bertz CT molecular complexity index is 755. The van der Waals surface area contributed by atoms with Gasteiger partial charge in [-0.3, -0.25) is 10.0 Å². The molecule has 3 nitrogen and oxygen atoms in total. The first-order chi connectivity index (χ1) is 12.2. The first kappa shape index (κ1) is 18.9. The predicted molar refractivity (Wildman–Crippen MR) is 112 cm³/mol. The van der Waals surface area contributed by atoms with Crippen LogP contribution in [0.5, 0.6) is 0 Å². The molecule has 1 atom stereocenters. The molecule has 1 aliphatic heterocycles. The second-order valence-corrected chi connectivity index (χ2v) is 6.33. The van der Waals surface area contributed by atoms with E-state index in [0.717, 1.165) is 16.6 Å². The van der Waals surface area contributed by atoms with Gasteiger partial charge < -0.3 is 0 Å². The van der Waals surface area contributed by atoms with Gasteiger partial charge in [-0.05, 0) is 24.6 Å². The van der Waals surface area contributed by atoms with Gasteiger partial charge in [0.2, 0.25) is 0 Å². The topological polar surface area (TPSA) is 28.0 Å². The standard InChI is InChI=1S/C21H22BrN3/c1-4-10-19(22)13-9-15-25-21(18-11-7-6-8-12-18)16-20(24-25)17(3)23-14-5-2/h4-15,21H,2-3,16H2,1H3/b10-4-,15-9+,19-13+,23-14?. The zero-order valence-corrected chi connectivity index (χ0v) is 15.9. The lowest BCUT2D eigenvalue weighted by atomic mass is 10.0. The highest BCUT2D eigenvalue weighted by molar-refractivity contribution is 9.11. The Balaban J connectivity index is 2.25. The summed E-state index contributed by atoms with van der Waals surface area (Å²) in [5.74, 6) is 0. The van der Waals surface area contributed by atoms with Gasteiger partial charge in [-0.25, -0.2) is 0 Å². The van der Waals surface area contributed by atoms with Crippen LogP contribution < -0.4 is 0 Å². The van der Waals surface area contributed by atoms with Gasteiger partial charge in [0.1, 0.15) is 0 Å². The molecule has 0 amide bonds. The van der Waals surface area contributed by atoms with E-state index in [0.29, 0.717) is 5.70 Å². The molecular formula is C21H22BrN3. The Labute approximate surface area is 158 Å². The van der Waals surface area contributed by atoms with Crippen molar-refractivity contribution >= 4 is 27.9 Å². The minimum absolute atomic E-state index is 0.136. The van der Waals surface area contributed by atoms with Crippen molar-refractivity contribution in [3.05, 3.63) is 95.8 Å². The molecule has 25 heavy (non-hydrogen) atoms. The highest BCUT2D eigenvalue weighted by Gasteiger charge is 2.27. The lowest BCUT2D eigenvalue weighted by molar-refractivity contribution is 0.329. The maximum Gasteiger partial charge on any atom is 0.0884 e. The van der Waals surface area contributed by atoms with Gasteiger partial charge >= 0.3 is 0 Å². The summed E-state index contributed by atoms with van der Waals surface area (Å²) in [6.07, 6.45) is 13.9. The molecule has 0 aliphatic carbocycles. The Kier molecular flexibility index (Phi) is 7.36. The number of benzene rings is 1. The van der Waals surface area contributed by atoms with Gasteiger partial charge in [-0.1, -0.05) is 77.6 Å². The largest absolute Gasteiger partial charge is 0.265 e. The molecule has 0 radical (unpaired) electrons. The third-order valence-corrected chi connectivity index (χ3v) is 4.14. The Morgan fingerprint density at radius 1 is 1.36 bits per heavy atom. The summed E-state index contributed by atoms with van der Waals surface area (Å²) >= 11 is 3.50. The van der Waals surface area contributed by atoms with E-state index in [9.17, 15) is 0 Å². The molecule has 128 valence electrons. The summed E-state index contributed by atoms with van der Waals surface area (Å²) in [6.45, 7) is 9.64. The van der Waals surface area contributed by atoms with Gasteiger partial charge in [-0.2, -0.15) is 5.10 Å². The lowest BCUT2D eigenvalue weighted by Crippen LogP contribution is -2.12. The van der Waals surface area contributed by atoms with Gasteiger partial charge in [0.05, 0.1) is 17.5 Å². The number of rotatable bonds is 7. The minimum Gasteiger partial charge on any atom is -0.265 e. The molecule has 1 aromatic carbocycles. The van der Waals surface area contributed by atoms with Crippen molar-refractivity contribution in [2.75, 3.05) is 0 Å². The molecule has 1 heterocycles. The summed E-state index contributed by atoms with van der Waals surface area (Å²) in [5, 5.41) is 6.66. The van der Waals surface area contributed by atoms with Crippen LogP contribution in [0.25, 0.3) is 0 Å². The summed E-state index contributed by atoms with van der Waals surface area (Å²) in [7, 11) is 0. The van der Waals surface area contributed by atoms with Crippen LogP contribution in [0.15, 0.2) is 100 Å². The van der Waals surface area contributed by atoms with E-state index >= 15 is 0 Å². The molecule has 2 rings (SSSR count). The van der Waals surface area contributed by atoms with Crippen molar-refractivity contribution in [1.82, 2.24) is 5.01 Å². The molecule has 0 saturated heterocycles.